The van der Waals surface area contributed by atoms with Crippen molar-refractivity contribution in [3.8, 4) is 0 Å². The van der Waals surface area contributed by atoms with Gasteiger partial charge in [-0.3, -0.25) is 4.79 Å². The number of carbonyl (C=O) groups is 1. The first-order valence-corrected chi connectivity index (χ1v) is 9.12. The van der Waals surface area contributed by atoms with Crippen molar-refractivity contribution in [1.82, 2.24) is 9.62 Å². The van der Waals surface area contributed by atoms with E-state index in [1.807, 2.05) is 0 Å². The van der Waals surface area contributed by atoms with Crippen LogP contribution in [0.25, 0.3) is 0 Å². The van der Waals surface area contributed by atoms with Crippen LogP contribution in [0, 0.1) is 5.92 Å². The number of hydrogen-bond donors (Lipinski definition) is 2. The molecule has 1 aliphatic heterocycles. The number of hydrogen-bond acceptors (Lipinski definition) is 4. The van der Waals surface area contributed by atoms with E-state index in [4.69, 9.17) is 5.73 Å². The van der Waals surface area contributed by atoms with Crippen LogP contribution >= 0.6 is 0 Å². The van der Waals surface area contributed by atoms with Gasteiger partial charge in [0.25, 0.3) is 0 Å². The summed E-state index contributed by atoms with van der Waals surface area (Å²) in [5.74, 6) is 0.532. The lowest BCUT2D eigenvalue weighted by Gasteiger charge is -2.30. The number of nitrogens with zero attached hydrogens (tertiary/aromatic N) is 1. The minimum absolute atomic E-state index is 0.0617. The van der Waals surface area contributed by atoms with Gasteiger partial charge in [-0.15, -0.1) is 0 Å². The monoisotopic (exact) mass is 305 g/mol. The van der Waals surface area contributed by atoms with Gasteiger partial charge >= 0.3 is 0 Å². The zero-order valence-electron chi connectivity index (χ0n) is 12.5. The van der Waals surface area contributed by atoms with Gasteiger partial charge in [-0.1, -0.05) is 6.92 Å². The number of carbonyl (C=O) groups excluding carboxylic acids is 1. The van der Waals surface area contributed by atoms with Gasteiger partial charge in [0, 0.05) is 25.6 Å². The first-order chi connectivity index (χ1) is 9.32. The van der Waals surface area contributed by atoms with E-state index in [9.17, 15) is 13.2 Å². The smallest absolute Gasteiger partial charge is 0.220 e. The molecule has 1 saturated heterocycles. The van der Waals surface area contributed by atoms with Crippen molar-refractivity contribution in [3.63, 3.8) is 0 Å². The first kappa shape index (κ1) is 17.4. The molecule has 0 aromatic rings. The third-order valence-electron chi connectivity index (χ3n) is 3.81. The van der Waals surface area contributed by atoms with Crippen LogP contribution in [0.2, 0.25) is 0 Å². The molecule has 1 aliphatic rings. The third-order valence-corrected chi connectivity index (χ3v) is 5.11. The number of nitrogens with two attached hydrogens (primary N) is 1. The van der Waals surface area contributed by atoms with Crippen LogP contribution in [-0.4, -0.2) is 50.6 Å². The quantitative estimate of drug-likeness (QED) is 0.707. The molecule has 0 radical (unpaired) electrons. The summed E-state index contributed by atoms with van der Waals surface area (Å²) in [6.07, 6.45) is 4.93. The largest absolute Gasteiger partial charge is 0.353 e. The molecule has 0 bridgehead atoms. The Kier molecular flexibility index (Phi) is 6.91. The number of sulfonamides is 1. The van der Waals surface area contributed by atoms with E-state index in [1.165, 1.54) is 10.6 Å². The fourth-order valence-corrected chi connectivity index (χ4v) is 3.31. The Bertz CT molecular complexity index is 403. The van der Waals surface area contributed by atoms with Crippen LogP contribution < -0.4 is 11.1 Å². The predicted molar refractivity (Wildman–Crippen MR) is 79.7 cm³/mol. The molecule has 3 N–H and O–H groups in total. The molecular formula is C13H27N3O3S. The molecule has 6 nitrogen and oxygen atoms in total. The van der Waals surface area contributed by atoms with Crippen LogP contribution in [0.15, 0.2) is 0 Å². The van der Waals surface area contributed by atoms with Crippen molar-refractivity contribution in [1.29, 1.82) is 0 Å². The molecule has 1 fully saturated rings. The first-order valence-electron chi connectivity index (χ1n) is 7.27. The Hall–Kier alpha value is -0.660. The van der Waals surface area contributed by atoms with Crippen molar-refractivity contribution < 1.29 is 13.2 Å². The summed E-state index contributed by atoms with van der Waals surface area (Å²) in [7, 11) is -3.10. The molecule has 1 heterocycles. The lowest BCUT2D eigenvalue weighted by atomic mass is 10.0. The van der Waals surface area contributed by atoms with E-state index in [-0.39, 0.29) is 11.9 Å². The Balaban J connectivity index is 2.25. The van der Waals surface area contributed by atoms with Crippen molar-refractivity contribution in [3.05, 3.63) is 0 Å². The lowest BCUT2D eigenvalue weighted by Crippen LogP contribution is -2.46. The van der Waals surface area contributed by atoms with Gasteiger partial charge < -0.3 is 11.1 Å². The van der Waals surface area contributed by atoms with Gasteiger partial charge in [0.1, 0.15) is 0 Å². The van der Waals surface area contributed by atoms with E-state index in [2.05, 4.69) is 12.2 Å². The maximum absolute atomic E-state index is 11.8. The van der Waals surface area contributed by atoms with E-state index in [0.29, 0.717) is 44.8 Å². The topological polar surface area (TPSA) is 92.5 Å². The van der Waals surface area contributed by atoms with Crippen molar-refractivity contribution in [2.24, 2.45) is 11.7 Å². The molecule has 0 aromatic carbocycles. The minimum Gasteiger partial charge on any atom is -0.353 e. The summed E-state index contributed by atoms with van der Waals surface area (Å²) in [6.45, 7) is 3.75. The Morgan fingerprint density at radius 1 is 1.35 bits per heavy atom. The second-order valence-electron chi connectivity index (χ2n) is 5.73. The lowest BCUT2D eigenvalue weighted by molar-refractivity contribution is -0.122. The summed E-state index contributed by atoms with van der Waals surface area (Å²) in [5, 5.41) is 3.00. The maximum Gasteiger partial charge on any atom is 0.220 e. The van der Waals surface area contributed by atoms with Crippen LogP contribution in [0.1, 0.15) is 39.0 Å². The summed E-state index contributed by atoms with van der Waals surface area (Å²) < 4.78 is 24.2. The third kappa shape index (κ3) is 6.19. The Morgan fingerprint density at radius 2 is 1.95 bits per heavy atom. The van der Waals surface area contributed by atoms with Gasteiger partial charge in [-0.25, -0.2) is 12.7 Å². The standard InChI is InChI=1S/C13H27N3O3S/c1-11(5-8-14)3-4-13(17)15-12-6-9-16(10-7-12)20(2,18)19/h11-12H,3-10,14H2,1-2H3,(H,15,17). The molecule has 1 atom stereocenters. The average molecular weight is 305 g/mol. The average Bonchev–Trinajstić information content (AvgIpc) is 2.36. The highest BCUT2D eigenvalue weighted by Crippen LogP contribution is 2.14. The molecule has 20 heavy (non-hydrogen) atoms. The SMILES string of the molecule is CC(CCN)CCC(=O)NC1CCN(S(C)(=O)=O)CC1. The van der Waals surface area contributed by atoms with Crippen LogP contribution in [0.3, 0.4) is 0 Å². The minimum atomic E-state index is -3.10. The van der Waals surface area contributed by atoms with Gasteiger partial charge in [0.2, 0.25) is 15.9 Å². The highest BCUT2D eigenvalue weighted by atomic mass is 32.2. The Morgan fingerprint density at radius 3 is 2.45 bits per heavy atom. The van der Waals surface area contributed by atoms with E-state index in [1.54, 1.807) is 0 Å². The molecule has 7 heteroatoms. The normalized spacial score (nSPS) is 19.8. The highest BCUT2D eigenvalue weighted by molar-refractivity contribution is 7.88. The van der Waals surface area contributed by atoms with E-state index in [0.717, 1.165) is 12.8 Å². The molecular weight excluding hydrogens is 278 g/mol. The van der Waals surface area contributed by atoms with Gasteiger partial charge in [-0.05, 0) is 38.1 Å². The summed E-state index contributed by atoms with van der Waals surface area (Å²) >= 11 is 0. The molecule has 1 rings (SSSR count). The molecule has 1 unspecified atom stereocenters. The molecule has 1 amide bonds. The van der Waals surface area contributed by atoms with Gasteiger partial charge in [-0.2, -0.15) is 0 Å². The second kappa shape index (κ2) is 7.95. The molecule has 0 aliphatic carbocycles. The zero-order valence-corrected chi connectivity index (χ0v) is 13.3. The van der Waals surface area contributed by atoms with Crippen LogP contribution in [-0.2, 0) is 14.8 Å². The van der Waals surface area contributed by atoms with Gasteiger partial charge in [0.05, 0.1) is 6.26 Å². The zero-order chi connectivity index (χ0) is 15.2. The fraction of sp³-hybridized carbons (Fsp3) is 0.923. The van der Waals surface area contributed by atoms with E-state index >= 15 is 0 Å². The van der Waals surface area contributed by atoms with Crippen molar-refractivity contribution >= 4 is 15.9 Å². The number of nitrogens with one attached hydrogen (secondary N) is 1. The van der Waals surface area contributed by atoms with Crippen molar-refractivity contribution in [2.75, 3.05) is 25.9 Å². The molecule has 0 saturated carbocycles. The molecule has 0 aromatic heterocycles. The van der Waals surface area contributed by atoms with Crippen molar-refractivity contribution in [2.45, 2.75) is 45.1 Å². The number of piperidine rings is 1. The fourth-order valence-electron chi connectivity index (χ4n) is 2.44. The summed E-state index contributed by atoms with van der Waals surface area (Å²) in [6, 6.07) is 0.102. The van der Waals surface area contributed by atoms with Gasteiger partial charge in [0.15, 0.2) is 0 Å². The maximum atomic E-state index is 11.8. The highest BCUT2D eigenvalue weighted by Gasteiger charge is 2.25. The number of rotatable bonds is 7. The number of amides is 1. The van der Waals surface area contributed by atoms with Crippen LogP contribution in [0.4, 0.5) is 0 Å². The Labute approximate surface area is 122 Å². The summed E-state index contributed by atoms with van der Waals surface area (Å²) in [5.41, 5.74) is 5.48. The molecule has 118 valence electrons. The second-order valence-corrected chi connectivity index (χ2v) is 7.71. The van der Waals surface area contributed by atoms with E-state index < -0.39 is 10.0 Å². The van der Waals surface area contributed by atoms with Crippen LogP contribution in [0.5, 0.6) is 0 Å². The summed E-state index contributed by atoms with van der Waals surface area (Å²) in [4.78, 5) is 11.8. The molecule has 0 spiro atoms. The predicted octanol–water partition coefficient (Wildman–Crippen LogP) is 0.292.